The minimum atomic E-state index is 0.105. The number of nitrogens with zero attached hydrogens (tertiary/aromatic N) is 1. The lowest BCUT2D eigenvalue weighted by molar-refractivity contribution is 0.282. The van der Waals surface area contributed by atoms with Gasteiger partial charge in [-0.2, -0.15) is 0 Å². The van der Waals surface area contributed by atoms with E-state index < -0.39 is 0 Å². The lowest BCUT2D eigenvalue weighted by Gasteiger charge is -2.32. The van der Waals surface area contributed by atoms with Gasteiger partial charge in [-0.3, -0.25) is 0 Å². The van der Waals surface area contributed by atoms with Gasteiger partial charge in [0.2, 0.25) is 0 Å². The molecular formula is C17H18N2OS. The summed E-state index contributed by atoms with van der Waals surface area (Å²) in [6, 6.07) is 8.19. The van der Waals surface area contributed by atoms with Gasteiger partial charge in [0.15, 0.2) is 0 Å². The number of thiazole rings is 1. The molecule has 2 aromatic heterocycles. The van der Waals surface area contributed by atoms with Crippen molar-refractivity contribution in [2.24, 2.45) is 11.1 Å². The van der Waals surface area contributed by atoms with Gasteiger partial charge < -0.3 is 10.2 Å². The maximum absolute atomic E-state index is 6.35. The van der Waals surface area contributed by atoms with Crippen molar-refractivity contribution in [2.75, 3.05) is 0 Å². The third-order valence-electron chi connectivity index (χ3n) is 4.19. The largest absolute Gasteiger partial charge is 0.464 e. The second-order valence-corrected chi connectivity index (χ2v) is 7.66. The Bertz CT molecular complexity index is 815. The zero-order valence-corrected chi connectivity index (χ0v) is 13.0. The monoisotopic (exact) mass is 298 g/mol. The lowest BCUT2D eigenvalue weighted by Crippen LogP contribution is -2.28. The Hall–Kier alpha value is -1.65. The zero-order valence-electron chi connectivity index (χ0n) is 12.2. The molecule has 3 nitrogen and oxygen atoms in total. The van der Waals surface area contributed by atoms with Crippen LogP contribution in [0.3, 0.4) is 0 Å². The molecule has 0 amide bonds. The van der Waals surface area contributed by atoms with E-state index in [2.05, 4.69) is 19.9 Å². The number of hydrogen-bond donors (Lipinski definition) is 1. The second kappa shape index (κ2) is 4.42. The zero-order chi connectivity index (χ0) is 14.6. The molecular weight excluding hydrogens is 280 g/mol. The molecule has 1 aromatic carbocycles. The van der Waals surface area contributed by atoms with Crippen molar-refractivity contribution in [2.45, 2.75) is 32.7 Å². The number of benzene rings is 1. The van der Waals surface area contributed by atoms with Crippen molar-refractivity contribution in [3.8, 4) is 10.6 Å². The summed E-state index contributed by atoms with van der Waals surface area (Å²) in [5.41, 5.74) is 9.74. The molecule has 0 radical (unpaired) electrons. The fourth-order valence-electron chi connectivity index (χ4n) is 3.25. The second-order valence-electron chi connectivity index (χ2n) is 6.63. The molecule has 4 heteroatoms. The van der Waals surface area contributed by atoms with Crippen LogP contribution in [-0.4, -0.2) is 4.98 Å². The Balaban J connectivity index is 1.85. The summed E-state index contributed by atoms with van der Waals surface area (Å²) in [7, 11) is 0. The fourth-order valence-corrected chi connectivity index (χ4v) is 4.35. The van der Waals surface area contributed by atoms with Gasteiger partial charge in [0.25, 0.3) is 0 Å². The Morgan fingerprint density at radius 3 is 3.00 bits per heavy atom. The van der Waals surface area contributed by atoms with E-state index in [-0.39, 0.29) is 11.5 Å². The summed E-state index contributed by atoms with van der Waals surface area (Å²) < 4.78 is 5.64. The predicted molar refractivity (Wildman–Crippen MR) is 86.4 cm³/mol. The SMILES string of the molecule is CC1(C)Cc2nc(-c3coc4ccccc34)sc2C(N)C1. The molecule has 1 unspecified atom stereocenters. The van der Waals surface area contributed by atoms with Crippen LogP contribution in [0.4, 0.5) is 0 Å². The summed E-state index contributed by atoms with van der Waals surface area (Å²) in [5.74, 6) is 0. The number of hydrogen-bond acceptors (Lipinski definition) is 4. The number of fused-ring (bicyclic) bond motifs is 2. The van der Waals surface area contributed by atoms with Gasteiger partial charge in [-0.05, 0) is 24.3 Å². The minimum Gasteiger partial charge on any atom is -0.464 e. The van der Waals surface area contributed by atoms with Crippen LogP contribution in [0.1, 0.15) is 36.9 Å². The maximum Gasteiger partial charge on any atom is 0.134 e. The molecule has 1 aliphatic rings. The summed E-state index contributed by atoms with van der Waals surface area (Å²) in [4.78, 5) is 6.11. The van der Waals surface area contributed by atoms with E-state index in [9.17, 15) is 0 Å². The number of rotatable bonds is 1. The van der Waals surface area contributed by atoms with Crippen LogP contribution in [0.25, 0.3) is 21.5 Å². The average molecular weight is 298 g/mol. The Labute approximate surface area is 127 Å². The first-order valence-electron chi connectivity index (χ1n) is 7.25. The fraction of sp³-hybridized carbons (Fsp3) is 0.353. The van der Waals surface area contributed by atoms with E-state index in [1.165, 1.54) is 10.6 Å². The number of para-hydroxylation sites is 1. The van der Waals surface area contributed by atoms with E-state index in [1.54, 1.807) is 11.3 Å². The van der Waals surface area contributed by atoms with E-state index >= 15 is 0 Å². The van der Waals surface area contributed by atoms with Crippen molar-refractivity contribution in [3.63, 3.8) is 0 Å². The predicted octanol–water partition coefficient (Wildman–Crippen LogP) is 4.53. The normalized spacial score (nSPS) is 20.6. The number of nitrogens with two attached hydrogens (primary N) is 1. The van der Waals surface area contributed by atoms with Crippen LogP contribution in [0.15, 0.2) is 34.9 Å². The molecule has 2 N–H and O–H groups in total. The molecule has 0 saturated heterocycles. The van der Waals surface area contributed by atoms with Crippen LogP contribution < -0.4 is 5.73 Å². The molecule has 3 aromatic rings. The molecule has 0 spiro atoms. The summed E-state index contributed by atoms with van der Waals surface area (Å²) in [6.07, 6.45) is 3.84. The van der Waals surface area contributed by atoms with E-state index in [0.29, 0.717) is 0 Å². The quantitative estimate of drug-likeness (QED) is 0.718. The van der Waals surface area contributed by atoms with Crippen LogP contribution in [0.5, 0.6) is 0 Å². The molecule has 0 aliphatic heterocycles. The van der Waals surface area contributed by atoms with Gasteiger partial charge >= 0.3 is 0 Å². The van der Waals surface area contributed by atoms with Crippen LogP contribution in [0.2, 0.25) is 0 Å². The highest BCUT2D eigenvalue weighted by Crippen LogP contribution is 2.44. The molecule has 4 rings (SSSR count). The molecule has 21 heavy (non-hydrogen) atoms. The van der Waals surface area contributed by atoms with Crippen molar-refractivity contribution in [1.29, 1.82) is 0 Å². The summed E-state index contributed by atoms with van der Waals surface area (Å²) in [5, 5.41) is 2.15. The highest BCUT2D eigenvalue weighted by molar-refractivity contribution is 7.15. The van der Waals surface area contributed by atoms with E-state index in [4.69, 9.17) is 15.1 Å². The lowest BCUT2D eigenvalue weighted by atomic mass is 9.77. The molecule has 108 valence electrons. The highest BCUT2D eigenvalue weighted by Gasteiger charge is 2.33. The summed E-state index contributed by atoms with van der Waals surface area (Å²) >= 11 is 1.72. The first-order chi connectivity index (χ1) is 10.0. The third kappa shape index (κ3) is 2.10. The van der Waals surface area contributed by atoms with E-state index in [0.717, 1.165) is 34.4 Å². The van der Waals surface area contributed by atoms with Crippen molar-refractivity contribution >= 4 is 22.3 Å². The third-order valence-corrected chi connectivity index (χ3v) is 5.46. The first-order valence-corrected chi connectivity index (χ1v) is 8.07. The minimum absolute atomic E-state index is 0.105. The molecule has 2 heterocycles. The average Bonchev–Trinajstić information content (AvgIpc) is 3.00. The van der Waals surface area contributed by atoms with Gasteiger partial charge in [0.1, 0.15) is 16.9 Å². The Morgan fingerprint density at radius 2 is 2.14 bits per heavy atom. The van der Waals surface area contributed by atoms with Crippen molar-refractivity contribution < 1.29 is 4.42 Å². The standard InChI is InChI=1S/C17H18N2OS/c1-17(2)7-12(18)15-13(8-17)19-16(21-15)11-9-20-14-6-4-3-5-10(11)14/h3-6,9,12H,7-8,18H2,1-2H3. The van der Waals surface area contributed by atoms with Crippen LogP contribution >= 0.6 is 11.3 Å². The van der Waals surface area contributed by atoms with Gasteiger partial charge in [-0.15, -0.1) is 11.3 Å². The smallest absolute Gasteiger partial charge is 0.134 e. The Morgan fingerprint density at radius 1 is 1.33 bits per heavy atom. The number of aromatic nitrogens is 1. The van der Waals surface area contributed by atoms with Crippen molar-refractivity contribution in [1.82, 2.24) is 4.98 Å². The maximum atomic E-state index is 6.35. The topological polar surface area (TPSA) is 52.0 Å². The van der Waals surface area contributed by atoms with Gasteiger partial charge in [0.05, 0.1) is 11.3 Å². The summed E-state index contributed by atoms with van der Waals surface area (Å²) in [6.45, 7) is 4.53. The van der Waals surface area contributed by atoms with E-state index in [1.807, 2.05) is 24.5 Å². The van der Waals surface area contributed by atoms with Gasteiger partial charge in [0, 0.05) is 16.3 Å². The molecule has 0 bridgehead atoms. The van der Waals surface area contributed by atoms with Crippen LogP contribution in [0, 0.1) is 5.41 Å². The highest BCUT2D eigenvalue weighted by atomic mass is 32.1. The molecule has 0 saturated carbocycles. The van der Waals surface area contributed by atoms with Crippen molar-refractivity contribution in [3.05, 3.63) is 41.1 Å². The number of furan rings is 1. The van der Waals surface area contributed by atoms with Crippen LogP contribution in [-0.2, 0) is 6.42 Å². The molecule has 1 atom stereocenters. The Kier molecular flexibility index (Phi) is 2.75. The van der Waals surface area contributed by atoms with Gasteiger partial charge in [-0.1, -0.05) is 32.0 Å². The molecule has 0 fully saturated rings. The molecule has 1 aliphatic carbocycles. The van der Waals surface area contributed by atoms with Gasteiger partial charge in [-0.25, -0.2) is 4.98 Å². The first kappa shape index (κ1) is 13.0.